The van der Waals surface area contributed by atoms with E-state index in [1.54, 1.807) is 6.07 Å². The summed E-state index contributed by atoms with van der Waals surface area (Å²) in [6.07, 6.45) is 1.43. The van der Waals surface area contributed by atoms with Gasteiger partial charge < -0.3 is 20.1 Å². The largest absolute Gasteiger partial charge is 0.480 e. The monoisotopic (exact) mass is 336 g/mol. The Morgan fingerprint density at radius 2 is 2.21 bits per heavy atom. The SMILES string of the molecule is CC1CCN(CC(O)CNC(=O)C2Cc3cc(F)ccc3O2)CC1. The van der Waals surface area contributed by atoms with Crippen LogP contribution in [0.15, 0.2) is 18.2 Å². The molecule has 0 aliphatic carbocycles. The Balaban J connectivity index is 1.41. The van der Waals surface area contributed by atoms with Gasteiger partial charge in [0.2, 0.25) is 0 Å². The van der Waals surface area contributed by atoms with Gasteiger partial charge >= 0.3 is 0 Å². The molecule has 1 aromatic rings. The summed E-state index contributed by atoms with van der Waals surface area (Å²) in [4.78, 5) is 14.4. The van der Waals surface area contributed by atoms with Gasteiger partial charge in [-0.1, -0.05) is 6.92 Å². The Bertz CT molecular complexity index is 588. The van der Waals surface area contributed by atoms with Gasteiger partial charge in [0, 0.05) is 25.1 Å². The number of amides is 1. The number of fused-ring (bicyclic) bond motifs is 1. The molecule has 6 heteroatoms. The summed E-state index contributed by atoms with van der Waals surface area (Å²) in [7, 11) is 0. The van der Waals surface area contributed by atoms with Crippen LogP contribution >= 0.6 is 0 Å². The maximum absolute atomic E-state index is 13.2. The second kappa shape index (κ2) is 7.49. The van der Waals surface area contributed by atoms with E-state index in [4.69, 9.17) is 4.74 Å². The average Bonchev–Trinajstić information content (AvgIpc) is 2.98. The van der Waals surface area contributed by atoms with E-state index in [1.807, 2.05) is 0 Å². The lowest BCUT2D eigenvalue weighted by molar-refractivity contribution is -0.127. The van der Waals surface area contributed by atoms with Gasteiger partial charge in [0.05, 0.1) is 6.10 Å². The number of ether oxygens (including phenoxy) is 1. The lowest BCUT2D eigenvalue weighted by Crippen LogP contribution is -2.45. The highest BCUT2D eigenvalue weighted by atomic mass is 19.1. The molecular formula is C18H25FN2O3. The van der Waals surface area contributed by atoms with Crippen molar-refractivity contribution in [1.29, 1.82) is 0 Å². The van der Waals surface area contributed by atoms with Crippen molar-refractivity contribution in [3.63, 3.8) is 0 Å². The molecule has 2 aliphatic heterocycles. The molecule has 24 heavy (non-hydrogen) atoms. The minimum atomic E-state index is -0.648. The topological polar surface area (TPSA) is 61.8 Å². The average molecular weight is 336 g/mol. The molecule has 132 valence electrons. The second-order valence-electron chi connectivity index (χ2n) is 6.94. The highest BCUT2D eigenvalue weighted by Gasteiger charge is 2.29. The Labute approximate surface area is 141 Å². The standard InChI is InChI=1S/C18H25FN2O3/c1-12-4-6-21(7-5-12)11-15(22)10-20-18(23)17-9-13-8-14(19)2-3-16(13)24-17/h2-3,8,12,15,17,22H,4-7,9-11H2,1H3,(H,20,23). The van der Waals surface area contributed by atoms with Crippen molar-refractivity contribution in [2.24, 2.45) is 5.92 Å². The van der Waals surface area contributed by atoms with Crippen molar-refractivity contribution in [1.82, 2.24) is 10.2 Å². The quantitative estimate of drug-likeness (QED) is 0.852. The summed E-state index contributed by atoms with van der Waals surface area (Å²) in [5, 5.41) is 12.9. The molecule has 0 radical (unpaired) electrons. The van der Waals surface area contributed by atoms with Gasteiger partial charge in [-0.15, -0.1) is 0 Å². The van der Waals surface area contributed by atoms with Crippen molar-refractivity contribution in [3.05, 3.63) is 29.6 Å². The van der Waals surface area contributed by atoms with E-state index < -0.39 is 12.2 Å². The van der Waals surface area contributed by atoms with E-state index in [9.17, 15) is 14.3 Å². The van der Waals surface area contributed by atoms with Crippen molar-refractivity contribution in [3.8, 4) is 5.75 Å². The minimum Gasteiger partial charge on any atom is -0.480 e. The third-order valence-corrected chi connectivity index (χ3v) is 4.85. The van der Waals surface area contributed by atoms with Crippen LogP contribution in [-0.2, 0) is 11.2 Å². The van der Waals surface area contributed by atoms with Crippen LogP contribution in [0, 0.1) is 11.7 Å². The van der Waals surface area contributed by atoms with Gasteiger partial charge in [-0.2, -0.15) is 0 Å². The maximum Gasteiger partial charge on any atom is 0.261 e. The molecular weight excluding hydrogens is 311 g/mol. The molecule has 0 spiro atoms. The number of nitrogens with zero attached hydrogens (tertiary/aromatic N) is 1. The molecule has 0 aromatic heterocycles. The summed E-state index contributed by atoms with van der Waals surface area (Å²) in [6, 6.07) is 4.27. The second-order valence-corrected chi connectivity index (χ2v) is 6.94. The maximum atomic E-state index is 13.2. The predicted octanol–water partition coefficient (Wildman–Crippen LogP) is 1.34. The zero-order valence-electron chi connectivity index (χ0n) is 14.0. The molecule has 0 bridgehead atoms. The lowest BCUT2D eigenvalue weighted by Gasteiger charge is -2.31. The van der Waals surface area contributed by atoms with Crippen LogP contribution in [-0.4, -0.2) is 54.3 Å². The van der Waals surface area contributed by atoms with Crippen LogP contribution in [0.3, 0.4) is 0 Å². The molecule has 2 N–H and O–H groups in total. The fraction of sp³-hybridized carbons (Fsp3) is 0.611. The number of rotatable bonds is 5. The van der Waals surface area contributed by atoms with E-state index in [-0.39, 0.29) is 18.3 Å². The third-order valence-electron chi connectivity index (χ3n) is 4.85. The highest BCUT2D eigenvalue weighted by Crippen LogP contribution is 2.29. The molecule has 1 aromatic carbocycles. The Morgan fingerprint density at radius 3 is 2.96 bits per heavy atom. The van der Waals surface area contributed by atoms with E-state index in [0.717, 1.165) is 31.8 Å². The number of hydrogen-bond donors (Lipinski definition) is 2. The van der Waals surface area contributed by atoms with Crippen molar-refractivity contribution >= 4 is 5.91 Å². The molecule has 3 rings (SSSR count). The van der Waals surface area contributed by atoms with Gasteiger partial charge in [0.25, 0.3) is 5.91 Å². The first-order chi connectivity index (χ1) is 11.5. The zero-order chi connectivity index (χ0) is 17.1. The predicted molar refractivity (Wildman–Crippen MR) is 88.4 cm³/mol. The molecule has 0 saturated carbocycles. The number of β-amino-alcohol motifs (C(OH)–C–C–N with tert-alkyl or cyclic N) is 1. The number of aliphatic hydroxyl groups excluding tert-OH is 1. The Kier molecular flexibility index (Phi) is 5.36. The number of aliphatic hydroxyl groups is 1. The number of halogens is 1. The number of hydrogen-bond acceptors (Lipinski definition) is 4. The number of piperidine rings is 1. The van der Waals surface area contributed by atoms with Crippen LogP contribution in [0.2, 0.25) is 0 Å². The first-order valence-corrected chi connectivity index (χ1v) is 8.64. The lowest BCUT2D eigenvalue weighted by atomic mass is 9.99. The summed E-state index contributed by atoms with van der Waals surface area (Å²) < 4.78 is 18.7. The van der Waals surface area contributed by atoms with Crippen molar-refractivity contribution < 1.29 is 19.0 Å². The molecule has 2 unspecified atom stereocenters. The number of likely N-dealkylation sites (tertiary alicyclic amines) is 1. The van der Waals surface area contributed by atoms with Gasteiger partial charge in [-0.25, -0.2) is 4.39 Å². The van der Waals surface area contributed by atoms with E-state index in [0.29, 0.717) is 24.3 Å². The number of carbonyl (C=O) groups is 1. The minimum absolute atomic E-state index is 0.204. The molecule has 1 saturated heterocycles. The van der Waals surface area contributed by atoms with Crippen LogP contribution in [0.5, 0.6) is 5.75 Å². The first kappa shape index (κ1) is 17.2. The van der Waals surface area contributed by atoms with Crippen molar-refractivity contribution in [2.75, 3.05) is 26.2 Å². The number of carbonyl (C=O) groups excluding carboxylic acids is 1. The van der Waals surface area contributed by atoms with Crippen LogP contribution in [0.1, 0.15) is 25.3 Å². The van der Waals surface area contributed by atoms with E-state index >= 15 is 0 Å². The fourth-order valence-electron chi connectivity index (χ4n) is 3.30. The first-order valence-electron chi connectivity index (χ1n) is 8.64. The zero-order valence-corrected chi connectivity index (χ0v) is 14.0. The van der Waals surface area contributed by atoms with Gasteiger partial charge in [0.15, 0.2) is 6.10 Å². The number of benzene rings is 1. The summed E-state index contributed by atoms with van der Waals surface area (Å²) in [5.41, 5.74) is 0.707. The summed E-state index contributed by atoms with van der Waals surface area (Å²) in [5.74, 6) is 0.714. The molecule has 2 heterocycles. The Hall–Kier alpha value is -1.66. The van der Waals surface area contributed by atoms with Crippen LogP contribution in [0.4, 0.5) is 4.39 Å². The molecule has 1 fully saturated rings. The van der Waals surface area contributed by atoms with Gasteiger partial charge in [0.1, 0.15) is 11.6 Å². The highest BCUT2D eigenvalue weighted by molar-refractivity contribution is 5.82. The smallest absolute Gasteiger partial charge is 0.261 e. The van der Waals surface area contributed by atoms with E-state index in [1.165, 1.54) is 12.1 Å². The Morgan fingerprint density at radius 1 is 1.46 bits per heavy atom. The normalized spacial score (nSPS) is 22.7. The summed E-state index contributed by atoms with van der Waals surface area (Å²) >= 11 is 0. The molecule has 2 atom stereocenters. The third kappa shape index (κ3) is 4.24. The van der Waals surface area contributed by atoms with Crippen LogP contribution in [0.25, 0.3) is 0 Å². The van der Waals surface area contributed by atoms with E-state index in [2.05, 4.69) is 17.1 Å². The molecule has 2 aliphatic rings. The summed E-state index contributed by atoms with van der Waals surface area (Å²) in [6.45, 7) is 5.02. The number of nitrogens with one attached hydrogen (secondary N) is 1. The fourth-order valence-corrected chi connectivity index (χ4v) is 3.30. The molecule has 5 nitrogen and oxygen atoms in total. The van der Waals surface area contributed by atoms with Crippen molar-refractivity contribution in [2.45, 2.75) is 38.4 Å². The molecule has 1 amide bonds. The van der Waals surface area contributed by atoms with Gasteiger partial charge in [-0.3, -0.25) is 4.79 Å². The van der Waals surface area contributed by atoms with Crippen LogP contribution < -0.4 is 10.1 Å². The van der Waals surface area contributed by atoms with Gasteiger partial charge in [-0.05, 0) is 50.0 Å².